The Morgan fingerprint density at radius 1 is 1.00 bits per heavy atom. The van der Waals surface area contributed by atoms with E-state index in [9.17, 15) is 22.0 Å². The molecule has 0 bridgehead atoms. The van der Waals surface area contributed by atoms with Crippen molar-refractivity contribution in [2.24, 2.45) is 5.92 Å². The SMILES string of the molecule is CCC[C@@H]1CCc2c(ccc3ccccc23)[C@H]1C#Cc1cc(F)c(C(F)(F)F)c(F)c1. The quantitative estimate of drug-likeness (QED) is 0.291. The number of hydrogen-bond acceptors (Lipinski definition) is 0. The van der Waals surface area contributed by atoms with Crippen LogP contribution in [0.2, 0.25) is 0 Å². The molecule has 0 unspecified atom stereocenters. The van der Waals surface area contributed by atoms with E-state index >= 15 is 0 Å². The Balaban J connectivity index is 1.78. The Hall–Kier alpha value is -2.87. The van der Waals surface area contributed by atoms with Gasteiger partial charge in [0.25, 0.3) is 0 Å². The summed E-state index contributed by atoms with van der Waals surface area (Å²) >= 11 is 0. The first-order valence-corrected chi connectivity index (χ1v) is 10.4. The van der Waals surface area contributed by atoms with Crippen LogP contribution in [0.25, 0.3) is 10.8 Å². The third-order valence-electron chi connectivity index (χ3n) is 6.01. The Kier molecular flexibility index (Phi) is 5.75. The van der Waals surface area contributed by atoms with Gasteiger partial charge >= 0.3 is 6.18 Å². The van der Waals surface area contributed by atoms with E-state index < -0.39 is 23.4 Å². The van der Waals surface area contributed by atoms with Crippen molar-refractivity contribution in [2.45, 2.75) is 44.7 Å². The van der Waals surface area contributed by atoms with Gasteiger partial charge in [0.05, 0.1) is 0 Å². The van der Waals surface area contributed by atoms with E-state index in [1.54, 1.807) is 0 Å². The Morgan fingerprint density at radius 2 is 1.71 bits per heavy atom. The van der Waals surface area contributed by atoms with Gasteiger partial charge in [-0.2, -0.15) is 13.2 Å². The predicted molar refractivity (Wildman–Crippen MR) is 112 cm³/mol. The lowest BCUT2D eigenvalue weighted by molar-refractivity contribution is -0.142. The first-order chi connectivity index (χ1) is 14.8. The van der Waals surface area contributed by atoms with E-state index in [1.165, 1.54) is 10.9 Å². The fourth-order valence-corrected chi connectivity index (χ4v) is 4.63. The van der Waals surface area contributed by atoms with Gasteiger partial charge in [-0.15, -0.1) is 0 Å². The van der Waals surface area contributed by atoms with Gasteiger partial charge in [-0.3, -0.25) is 0 Å². The first kappa shape index (κ1) is 21.4. The molecular formula is C26H21F5. The molecule has 0 N–H and O–H groups in total. The number of rotatable bonds is 2. The van der Waals surface area contributed by atoms with E-state index in [0.29, 0.717) is 12.1 Å². The van der Waals surface area contributed by atoms with Gasteiger partial charge in [-0.05, 0) is 59.2 Å². The Morgan fingerprint density at radius 3 is 2.39 bits per heavy atom. The average Bonchev–Trinajstić information content (AvgIpc) is 2.71. The normalized spacial score (nSPS) is 18.4. The fourth-order valence-electron chi connectivity index (χ4n) is 4.63. The van der Waals surface area contributed by atoms with Crippen molar-refractivity contribution in [1.82, 2.24) is 0 Å². The third-order valence-corrected chi connectivity index (χ3v) is 6.01. The summed E-state index contributed by atoms with van der Waals surface area (Å²) in [5.41, 5.74) is 0.362. The van der Waals surface area contributed by atoms with Crippen LogP contribution in [-0.2, 0) is 12.6 Å². The molecule has 0 aromatic heterocycles. The number of benzene rings is 3. The highest BCUT2D eigenvalue weighted by Crippen LogP contribution is 2.41. The van der Waals surface area contributed by atoms with Gasteiger partial charge < -0.3 is 0 Å². The monoisotopic (exact) mass is 428 g/mol. The molecule has 0 nitrogen and oxygen atoms in total. The van der Waals surface area contributed by atoms with E-state index in [0.717, 1.165) is 36.6 Å². The average molecular weight is 428 g/mol. The molecule has 4 rings (SSSR count). The molecule has 3 aromatic rings. The number of halogens is 5. The van der Waals surface area contributed by atoms with E-state index in [-0.39, 0.29) is 17.4 Å². The Labute approximate surface area is 178 Å². The summed E-state index contributed by atoms with van der Waals surface area (Å²) in [5, 5.41) is 2.32. The summed E-state index contributed by atoms with van der Waals surface area (Å²) in [6.45, 7) is 2.10. The van der Waals surface area contributed by atoms with Crippen LogP contribution >= 0.6 is 0 Å². The highest BCUT2D eigenvalue weighted by Gasteiger charge is 2.38. The van der Waals surface area contributed by atoms with Crippen molar-refractivity contribution in [3.8, 4) is 11.8 Å². The third kappa shape index (κ3) is 4.17. The van der Waals surface area contributed by atoms with Crippen molar-refractivity contribution in [3.05, 3.63) is 82.4 Å². The number of aryl methyl sites for hydroxylation is 1. The number of alkyl halides is 3. The van der Waals surface area contributed by atoms with Crippen LogP contribution in [0.1, 0.15) is 54.4 Å². The lowest BCUT2D eigenvalue weighted by atomic mass is 9.72. The topological polar surface area (TPSA) is 0 Å². The van der Waals surface area contributed by atoms with E-state index in [2.05, 4.69) is 43.0 Å². The highest BCUT2D eigenvalue weighted by molar-refractivity contribution is 5.87. The standard InChI is InChI=1S/C26H21F5/c1-2-5-17-9-12-21-19-7-4-3-6-18(19)10-13-22(21)20(17)11-8-16-14-23(27)25(24(28)15-16)26(29,30)31/h3-4,6-7,10,13-15,17,20H,2,5,9,12H2,1H3/t17-,20+/m1/s1. The van der Waals surface area contributed by atoms with Crippen LogP contribution in [-0.4, -0.2) is 0 Å². The van der Waals surface area contributed by atoms with Gasteiger partial charge in [0.2, 0.25) is 0 Å². The largest absolute Gasteiger partial charge is 0.422 e. The minimum atomic E-state index is -5.09. The van der Waals surface area contributed by atoms with Crippen molar-refractivity contribution in [2.75, 3.05) is 0 Å². The molecule has 2 atom stereocenters. The van der Waals surface area contributed by atoms with Crippen molar-refractivity contribution < 1.29 is 22.0 Å². The summed E-state index contributed by atoms with van der Waals surface area (Å²) < 4.78 is 66.4. The lowest BCUT2D eigenvalue weighted by Gasteiger charge is -2.31. The molecule has 3 aromatic carbocycles. The lowest BCUT2D eigenvalue weighted by Crippen LogP contribution is -2.20. The maximum absolute atomic E-state index is 14.0. The molecule has 0 saturated carbocycles. The van der Waals surface area contributed by atoms with Gasteiger partial charge in [0.15, 0.2) is 0 Å². The minimum Gasteiger partial charge on any atom is -0.206 e. The summed E-state index contributed by atoms with van der Waals surface area (Å²) in [6, 6.07) is 13.6. The summed E-state index contributed by atoms with van der Waals surface area (Å²) in [6.07, 6.45) is -1.26. The van der Waals surface area contributed by atoms with E-state index in [1.807, 2.05) is 12.1 Å². The van der Waals surface area contributed by atoms with E-state index in [4.69, 9.17) is 0 Å². The Bertz CT molecular complexity index is 1160. The van der Waals surface area contributed by atoms with Crippen LogP contribution in [0.4, 0.5) is 22.0 Å². The second-order valence-corrected chi connectivity index (χ2v) is 8.00. The molecule has 31 heavy (non-hydrogen) atoms. The zero-order valence-corrected chi connectivity index (χ0v) is 17.0. The zero-order chi connectivity index (χ0) is 22.2. The molecule has 5 heteroatoms. The minimum absolute atomic E-state index is 0.0915. The molecule has 0 aliphatic heterocycles. The number of hydrogen-bond donors (Lipinski definition) is 0. The molecule has 0 amide bonds. The molecule has 0 heterocycles. The molecule has 0 fully saturated rings. The molecule has 0 radical (unpaired) electrons. The predicted octanol–water partition coefficient (Wildman–Crippen LogP) is 7.63. The second-order valence-electron chi connectivity index (χ2n) is 8.00. The van der Waals surface area contributed by atoms with Crippen molar-refractivity contribution >= 4 is 10.8 Å². The second kappa shape index (κ2) is 8.34. The van der Waals surface area contributed by atoms with Crippen molar-refractivity contribution in [3.63, 3.8) is 0 Å². The van der Waals surface area contributed by atoms with Crippen LogP contribution < -0.4 is 0 Å². The smallest absolute Gasteiger partial charge is 0.206 e. The van der Waals surface area contributed by atoms with Crippen LogP contribution in [0, 0.1) is 29.4 Å². The summed E-state index contributed by atoms with van der Waals surface area (Å²) in [4.78, 5) is 0. The molecule has 1 aliphatic rings. The highest BCUT2D eigenvalue weighted by atomic mass is 19.4. The summed E-state index contributed by atoms with van der Waals surface area (Å²) in [7, 11) is 0. The van der Waals surface area contributed by atoms with Gasteiger partial charge in [-0.1, -0.05) is 61.6 Å². The van der Waals surface area contributed by atoms with Crippen LogP contribution in [0.15, 0.2) is 48.5 Å². The first-order valence-electron chi connectivity index (χ1n) is 10.4. The molecular weight excluding hydrogens is 407 g/mol. The molecule has 0 spiro atoms. The summed E-state index contributed by atoms with van der Waals surface area (Å²) in [5.74, 6) is 2.76. The van der Waals surface area contributed by atoms with Crippen LogP contribution in [0.5, 0.6) is 0 Å². The molecule has 1 aliphatic carbocycles. The maximum Gasteiger partial charge on any atom is 0.422 e. The zero-order valence-electron chi connectivity index (χ0n) is 17.0. The van der Waals surface area contributed by atoms with Gasteiger partial charge in [-0.25, -0.2) is 8.78 Å². The van der Waals surface area contributed by atoms with Gasteiger partial charge in [0.1, 0.15) is 17.2 Å². The maximum atomic E-state index is 14.0. The van der Waals surface area contributed by atoms with Crippen molar-refractivity contribution in [1.29, 1.82) is 0 Å². The molecule has 160 valence electrons. The van der Waals surface area contributed by atoms with Gasteiger partial charge in [0, 0.05) is 11.5 Å². The fraction of sp³-hybridized carbons (Fsp3) is 0.308. The molecule has 0 saturated heterocycles. The number of fused-ring (bicyclic) bond motifs is 3. The van der Waals surface area contributed by atoms with Crippen LogP contribution in [0.3, 0.4) is 0 Å².